The topological polar surface area (TPSA) is 60.5 Å². The maximum absolute atomic E-state index is 12.1. The van der Waals surface area contributed by atoms with Gasteiger partial charge in [0, 0.05) is 38.9 Å². The number of hydrogen-bond acceptors (Lipinski definition) is 5. The monoisotopic (exact) mass is 389 g/mol. The third kappa shape index (κ3) is 6.98. The minimum atomic E-state index is 0. The third-order valence-corrected chi connectivity index (χ3v) is 4.70. The highest BCUT2D eigenvalue weighted by atomic mass is 35.5. The molecule has 1 unspecified atom stereocenters. The van der Waals surface area contributed by atoms with Gasteiger partial charge in [0.2, 0.25) is 5.91 Å². The molecular formula is C17H29Cl2N5O. The molecule has 0 aromatic carbocycles. The summed E-state index contributed by atoms with van der Waals surface area (Å²) in [5.41, 5.74) is 0. The molecule has 3 rings (SSSR count). The number of amides is 1. The summed E-state index contributed by atoms with van der Waals surface area (Å²) in [4.78, 5) is 21.0. The van der Waals surface area contributed by atoms with Gasteiger partial charge in [-0.2, -0.15) is 0 Å². The largest absolute Gasteiger partial charge is 0.355 e. The van der Waals surface area contributed by atoms with E-state index >= 15 is 0 Å². The van der Waals surface area contributed by atoms with Gasteiger partial charge in [0.1, 0.15) is 5.82 Å². The van der Waals surface area contributed by atoms with Crippen LogP contribution in [-0.2, 0) is 4.79 Å². The van der Waals surface area contributed by atoms with Crippen LogP contribution in [0.2, 0.25) is 0 Å². The van der Waals surface area contributed by atoms with Gasteiger partial charge in [0.05, 0.1) is 6.54 Å². The van der Waals surface area contributed by atoms with E-state index < -0.39 is 0 Å². The van der Waals surface area contributed by atoms with Crippen LogP contribution < -0.4 is 15.5 Å². The van der Waals surface area contributed by atoms with Crippen LogP contribution in [0.3, 0.4) is 0 Å². The van der Waals surface area contributed by atoms with Gasteiger partial charge in [-0.25, -0.2) is 4.98 Å². The van der Waals surface area contributed by atoms with Crippen molar-refractivity contribution >= 4 is 36.5 Å². The second kappa shape index (κ2) is 11.5. The lowest BCUT2D eigenvalue weighted by Crippen LogP contribution is -2.50. The Bertz CT molecular complexity index is 491. The van der Waals surface area contributed by atoms with E-state index in [-0.39, 0.29) is 30.7 Å². The van der Waals surface area contributed by atoms with Crippen molar-refractivity contribution in [3.05, 3.63) is 24.4 Å². The number of hydrogen-bond donors (Lipinski definition) is 2. The van der Waals surface area contributed by atoms with Crippen LogP contribution in [0.15, 0.2) is 24.4 Å². The predicted molar refractivity (Wildman–Crippen MR) is 106 cm³/mol. The van der Waals surface area contributed by atoms with Crippen LogP contribution >= 0.6 is 24.8 Å². The Labute approximate surface area is 162 Å². The molecule has 3 heterocycles. The lowest BCUT2D eigenvalue weighted by Gasteiger charge is -2.35. The average Bonchev–Trinajstić information content (AvgIpc) is 2.62. The Morgan fingerprint density at radius 1 is 1.24 bits per heavy atom. The van der Waals surface area contributed by atoms with Crippen molar-refractivity contribution in [2.24, 2.45) is 5.92 Å². The van der Waals surface area contributed by atoms with E-state index in [2.05, 4.69) is 25.4 Å². The average molecular weight is 390 g/mol. The van der Waals surface area contributed by atoms with Gasteiger partial charge in [-0.05, 0) is 44.0 Å². The Balaban J connectivity index is 0.00000156. The molecule has 142 valence electrons. The van der Waals surface area contributed by atoms with Crippen LogP contribution in [0, 0.1) is 5.92 Å². The highest BCUT2D eigenvalue weighted by Crippen LogP contribution is 2.12. The van der Waals surface area contributed by atoms with Crippen molar-refractivity contribution in [2.75, 3.05) is 57.3 Å². The van der Waals surface area contributed by atoms with Crippen molar-refractivity contribution in [2.45, 2.75) is 12.8 Å². The summed E-state index contributed by atoms with van der Waals surface area (Å²) in [6, 6.07) is 5.99. The summed E-state index contributed by atoms with van der Waals surface area (Å²) in [7, 11) is 0. The van der Waals surface area contributed by atoms with Crippen LogP contribution in [0.1, 0.15) is 12.8 Å². The number of piperidine rings is 1. The number of aromatic nitrogens is 1. The van der Waals surface area contributed by atoms with Crippen LogP contribution in [0.5, 0.6) is 0 Å². The maximum Gasteiger partial charge on any atom is 0.234 e. The molecule has 0 radical (unpaired) electrons. The SMILES string of the molecule is Cl.Cl.O=C(CN1CCN(c2ccccn2)CC1)NCC1CCCNC1. The molecule has 1 aromatic heterocycles. The maximum atomic E-state index is 12.1. The number of anilines is 1. The van der Waals surface area contributed by atoms with Crippen molar-refractivity contribution in [3.63, 3.8) is 0 Å². The van der Waals surface area contributed by atoms with Crippen LogP contribution in [-0.4, -0.2) is 68.1 Å². The quantitative estimate of drug-likeness (QED) is 0.791. The van der Waals surface area contributed by atoms with E-state index in [1.807, 2.05) is 24.4 Å². The van der Waals surface area contributed by atoms with Gasteiger partial charge in [-0.15, -0.1) is 24.8 Å². The fraction of sp³-hybridized carbons (Fsp3) is 0.647. The van der Waals surface area contributed by atoms with Crippen molar-refractivity contribution in [1.82, 2.24) is 20.5 Å². The lowest BCUT2D eigenvalue weighted by atomic mass is 10.00. The zero-order valence-corrected chi connectivity index (χ0v) is 16.2. The number of pyridine rings is 1. The van der Waals surface area contributed by atoms with E-state index in [4.69, 9.17) is 0 Å². The second-order valence-electron chi connectivity index (χ2n) is 6.47. The first-order valence-electron chi connectivity index (χ1n) is 8.67. The number of carbonyl (C=O) groups excluding carboxylic acids is 1. The Morgan fingerprint density at radius 3 is 2.68 bits per heavy atom. The molecule has 1 amide bonds. The molecule has 0 spiro atoms. The minimum Gasteiger partial charge on any atom is -0.355 e. The van der Waals surface area contributed by atoms with E-state index in [0.29, 0.717) is 12.5 Å². The van der Waals surface area contributed by atoms with Crippen molar-refractivity contribution in [3.8, 4) is 0 Å². The first-order chi connectivity index (χ1) is 11.3. The first kappa shape index (κ1) is 22.0. The molecule has 1 aromatic rings. The number of carbonyl (C=O) groups is 1. The van der Waals surface area contributed by atoms with Crippen molar-refractivity contribution < 1.29 is 4.79 Å². The summed E-state index contributed by atoms with van der Waals surface area (Å²) in [6.07, 6.45) is 4.27. The number of halogens is 2. The first-order valence-corrected chi connectivity index (χ1v) is 8.67. The van der Waals surface area contributed by atoms with Crippen LogP contribution in [0.4, 0.5) is 5.82 Å². The van der Waals surface area contributed by atoms with Gasteiger partial charge in [0.25, 0.3) is 0 Å². The number of nitrogens with one attached hydrogen (secondary N) is 2. The fourth-order valence-corrected chi connectivity index (χ4v) is 3.29. The van der Waals surface area contributed by atoms with E-state index in [0.717, 1.165) is 51.6 Å². The molecule has 0 aliphatic carbocycles. The van der Waals surface area contributed by atoms with Crippen LogP contribution in [0.25, 0.3) is 0 Å². The Kier molecular flexibility index (Phi) is 10.1. The van der Waals surface area contributed by atoms with E-state index in [1.54, 1.807) is 0 Å². The second-order valence-corrected chi connectivity index (χ2v) is 6.47. The van der Waals surface area contributed by atoms with Gasteiger partial charge >= 0.3 is 0 Å². The molecule has 1 atom stereocenters. The molecule has 25 heavy (non-hydrogen) atoms. The zero-order valence-electron chi connectivity index (χ0n) is 14.5. The molecule has 6 nitrogen and oxygen atoms in total. The summed E-state index contributed by atoms with van der Waals surface area (Å²) in [5.74, 6) is 1.77. The van der Waals surface area contributed by atoms with Gasteiger partial charge in [-0.1, -0.05) is 6.07 Å². The normalized spacial score (nSPS) is 21.0. The van der Waals surface area contributed by atoms with Gasteiger partial charge in [-0.3, -0.25) is 9.69 Å². The van der Waals surface area contributed by atoms with Crippen molar-refractivity contribution in [1.29, 1.82) is 0 Å². The zero-order chi connectivity index (χ0) is 15.9. The Morgan fingerprint density at radius 2 is 2.04 bits per heavy atom. The van der Waals surface area contributed by atoms with E-state index in [9.17, 15) is 4.79 Å². The molecule has 0 bridgehead atoms. The highest BCUT2D eigenvalue weighted by Gasteiger charge is 2.20. The fourth-order valence-electron chi connectivity index (χ4n) is 3.29. The van der Waals surface area contributed by atoms with Gasteiger partial charge < -0.3 is 15.5 Å². The summed E-state index contributed by atoms with van der Waals surface area (Å²) in [6.45, 7) is 7.14. The van der Waals surface area contributed by atoms with E-state index in [1.165, 1.54) is 12.8 Å². The summed E-state index contributed by atoms with van der Waals surface area (Å²) >= 11 is 0. The molecule has 2 fully saturated rings. The molecule has 2 aliphatic rings. The molecular weight excluding hydrogens is 361 g/mol. The third-order valence-electron chi connectivity index (χ3n) is 4.70. The van der Waals surface area contributed by atoms with Gasteiger partial charge in [0.15, 0.2) is 0 Å². The Hall–Kier alpha value is -1.08. The molecule has 2 saturated heterocycles. The molecule has 2 N–H and O–H groups in total. The molecule has 2 aliphatic heterocycles. The smallest absolute Gasteiger partial charge is 0.234 e. The minimum absolute atomic E-state index is 0. The highest BCUT2D eigenvalue weighted by molar-refractivity contribution is 5.85. The number of piperazine rings is 1. The summed E-state index contributed by atoms with van der Waals surface area (Å²) in [5, 5.41) is 6.48. The molecule has 8 heteroatoms. The standard InChI is InChI=1S/C17H27N5O.2ClH/c23-17(20-13-15-4-3-6-18-12-15)14-21-8-10-22(11-9-21)16-5-1-2-7-19-16;;/h1-2,5,7,15,18H,3-4,6,8-14H2,(H,20,23);2*1H. The summed E-state index contributed by atoms with van der Waals surface area (Å²) < 4.78 is 0. The molecule has 0 saturated carbocycles. The predicted octanol–water partition coefficient (Wildman–Crippen LogP) is 1.16. The lowest BCUT2D eigenvalue weighted by molar-refractivity contribution is -0.122. The number of nitrogens with zero attached hydrogens (tertiary/aromatic N) is 3. The number of rotatable bonds is 5.